The van der Waals surface area contributed by atoms with E-state index in [1.165, 1.54) is 12.8 Å². The third-order valence-corrected chi connectivity index (χ3v) is 4.41. The Balaban J connectivity index is 0.00000192. The summed E-state index contributed by atoms with van der Waals surface area (Å²) in [7, 11) is 0. The van der Waals surface area contributed by atoms with Crippen LogP contribution in [-0.4, -0.2) is 55.7 Å². The zero-order valence-electron chi connectivity index (χ0n) is 13.4. The largest absolute Gasteiger partial charge is 0.492 e. The second-order valence-corrected chi connectivity index (χ2v) is 6.17. The lowest BCUT2D eigenvalue weighted by molar-refractivity contribution is -0.122. The number of likely N-dealkylation sites (tertiary alicyclic amines) is 1. The summed E-state index contributed by atoms with van der Waals surface area (Å²) < 4.78 is 5.57. The molecule has 23 heavy (non-hydrogen) atoms. The summed E-state index contributed by atoms with van der Waals surface area (Å²) in [4.78, 5) is 14.3. The van der Waals surface area contributed by atoms with Crippen LogP contribution in [0.2, 0.25) is 0 Å². The van der Waals surface area contributed by atoms with Crippen molar-refractivity contribution in [3.63, 3.8) is 0 Å². The van der Waals surface area contributed by atoms with E-state index in [9.17, 15) is 4.79 Å². The molecule has 128 valence electrons. The molecular formula is C17H26ClN3O2. The zero-order chi connectivity index (χ0) is 15.2. The number of hydrogen-bond donors (Lipinski definition) is 2. The minimum Gasteiger partial charge on any atom is -0.492 e. The molecule has 6 heteroatoms. The van der Waals surface area contributed by atoms with Gasteiger partial charge in [-0.3, -0.25) is 9.69 Å². The summed E-state index contributed by atoms with van der Waals surface area (Å²) in [6, 6.07) is 10.9. The molecule has 2 aliphatic heterocycles. The number of amides is 1. The molecule has 2 N–H and O–H groups in total. The Hall–Kier alpha value is -1.30. The Morgan fingerprint density at radius 2 is 2.00 bits per heavy atom. The number of nitrogens with zero attached hydrogens (tertiary/aromatic N) is 1. The van der Waals surface area contributed by atoms with Crippen molar-refractivity contribution in [1.82, 2.24) is 15.5 Å². The SMILES string of the molecule is Cl.O=C(CN1CCC2CCC(C1)N2)NCCOc1ccccc1. The molecule has 0 radical (unpaired) electrons. The average Bonchev–Trinajstić information content (AvgIpc) is 2.87. The minimum absolute atomic E-state index is 0. The Morgan fingerprint density at radius 1 is 1.22 bits per heavy atom. The van der Waals surface area contributed by atoms with Gasteiger partial charge in [-0.25, -0.2) is 0 Å². The lowest BCUT2D eigenvalue weighted by Gasteiger charge is -2.23. The summed E-state index contributed by atoms with van der Waals surface area (Å²) in [5.74, 6) is 0.931. The van der Waals surface area contributed by atoms with E-state index in [2.05, 4.69) is 15.5 Å². The monoisotopic (exact) mass is 339 g/mol. The number of rotatable bonds is 6. The van der Waals surface area contributed by atoms with E-state index >= 15 is 0 Å². The number of fused-ring (bicyclic) bond motifs is 2. The van der Waals surface area contributed by atoms with Crippen molar-refractivity contribution in [1.29, 1.82) is 0 Å². The number of halogens is 1. The molecule has 0 aliphatic carbocycles. The van der Waals surface area contributed by atoms with Crippen LogP contribution in [0.25, 0.3) is 0 Å². The van der Waals surface area contributed by atoms with Gasteiger partial charge >= 0.3 is 0 Å². The van der Waals surface area contributed by atoms with Crippen molar-refractivity contribution in [3.8, 4) is 5.75 Å². The standard InChI is InChI=1S/C17H25N3O2.ClH/c21-17(18-9-11-22-16-4-2-1-3-5-16)13-20-10-8-14-6-7-15(12-20)19-14;/h1-5,14-15,19H,6-13H2,(H,18,21);1H. The van der Waals surface area contributed by atoms with E-state index in [1.807, 2.05) is 30.3 Å². The fraction of sp³-hybridized carbons (Fsp3) is 0.588. The van der Waals surface area contributed by atoms with Crippen LogP contribution >= 0.6 is 12.4 Å². The number of benzene rings is 1. The molecule has 0 spiro atoms. The summed E-state index contributed by atoms with van der Waals surface area (Å²) >= 11 is 0. The molecule has 5 nitrogen and oxygen atoms in total. The molecule has 1 aromatic rings. The van der Waals surface area contributed by atoms with Gasteiger partial charge in [-0.05, 0) is 31.4 Å². The molecular weight excluding hydrogens is 314 g/mol. The topological polar surface area (TPSA) is 53.6 Å². The molecule has 3 rings (SSSR count). The first-order valence-corrected chi connectivity index (χ1v) is 8.22. The van der Waals surface area contributed by atoms with Crippen LogP contribution in [0.1, 0.15) is 19.3 Å². The maximum atomic E-state index is 12.0. The molecule has 2 atom stereocenters. The van der Waals surface area contributed by atoms with E-state index in [-0.39, 0.29) is 18.3 Å². The van der Waals surface area contributed by atoms with Crippen molar-refractivity contribution < 1.29 is 9.53 Å². The lowest BCUT2D eigenvalue weighted by Crippen LogP contribution is -2.42. The molecule has 2 fully saturated rings. The quantitative estimate of drug-likeness (QED) is 0.770. The van der Waals surface area contributed by atoms with Gasteiger partial charge in [-0.15, -0.1) is 12.4 Å². The van der Waals surface area contributed by atoms with Crippen molar-refractivity contribution in [2.24, 2.45) is 0 Å². The average molecular weight is 340 g/mol. The van der Waals surface area contributed by atoms with Crippen LogP contribution in [-0.2, 0) is 4.79 Å². The highest BCUT2D eigenvalue weighted by Gasteiger charge is 2.29. The number of carbonyl (C=O) groups excluding carboxylic acids is 1. The summed E-state index contributed by atoms with van der Waals surface area (Å²) in [5, 5.41) is 6.57. The molecule has 2 aliphatic rings. The van der Waals surface area contributed by atoms with Crippen molar-refractivity contribution >= 4 is 18.3 Å². The van der Waals surface area contributed by atoms with Crippen molar-refractivity contribution in [3.05, 3.63) is 30.3 Å². The Bertz CT molecular complexity index is 486. The molecule has 2 bridgehead atoms. The second-order valence-electron chi connectivity index (χ2n) is 6.17. The Morgan fingerprint density at radius 3 is 2.83 bits per heavy atom. The highest BCUT2D eigenvalue weighted by molar-refractivity contribution is 5.85. The maximum absolute atomic E-state index is 12.0. The van der Waals surface area contributed by atoms with Gasteiger partial charge in [0, 0.05) is 25.2 Å². The fourth-order valence-electron chi connectivity index (χ4n) is 3.29. The van der Waals surface area contributed by atoms with Gasteiger partial charge in [0.15, 0.2) is 0 Å². The number of ether oxygens (including phenoxy) is 1. The first-order valence-electron chi connectivity index (χ1n) is 8.22. The molecule has 1 amide bonds. The van der Waals surface area contributed by atoms with Crippen LogP contribution in [0.5, 0.6) is 5.75 Å². The predicted octanol–water partition coefficient (Wildman–Crippen LogP) is 1.43. The number of para-hydroxylation sites is 1. The minimum atomic E-state index is 0. The molecule has 0 aromatic heterocycles. The number of carbonyl (C=O) groups is 1. The van der Waals surface area contributed by atoms with Gasteiger partial charge in [0.1, 0.15) is 12.4 Å². The van der Waals surface area contributed by atoms with Crippen LogP contribution in [0, 0.1) is 0 Å². The Labute approximate surface area is 144 Å². The van der Waals surface area contributed by atoms with Crippen molar-refractivity contribution in [2.45, 2.75) is 31.3 Å². The highest BCUT2D eigenvalue weighted by atomic mass is 35.5. The van der Waals surface area contributed by atoms with E-state index < -0.39 is 0 Å². The normalized spacial score (nSPS) is 23.7. The van der Waals surface area contributed by atoms with Crippen LogP contribution in [0.4, 0.5) is 0 Å². The van der Waals surface area contributed by atoms with Crippen LogP contribution < -0.4 is 15.4 Å². The predicted molar refractivity (Wildman–Crippen MR) is 93.2 cm³/mol. The second kappa shape index (κ2) is 9.11. The summed E-state index contributed by atoms with van der Waals surface area (Å²) in [6.07, 6.45) is 3.69. The highest BCUT2D eigenvalue weighted by Crippen LogP contribution is 2.19. The van der Waals surface area contributed by atoms with Gasteiger partial charge in [-0.2, -0.15) is 0 Å². The van der Waals surface area contributed by atoms with Gasteiger partial charge < -0.3 is 15.4 Å². The fourth-order valence-corrected chi connectivity index (χ4v) is 3.29. The number of nitrogens with one attached hydrogen (secondary N) is 2. The van der Waals surface area contributed by atoms with Crippen molar-refractivity contribution in [2.75, 3.05) is 32.8 Å². The Kier molecular flexibility index (Phi) is 7.15. The van der Waals surface area contributed by atoms with Gasteiger partial charge in [0.05, 0.1) is 13.1 Å². The van der Waals surface area contributed by atoms with E-state index in [4.69, 9.17) is 4.74 Å². The van der Waals surface area contributed by atoms with E-state index in [0.29, 0.717) is 31.8 Å². The zero-order valence-corrected chi connectivity index (χ0v) is 14.2. The molecule has 1 aromatic carbocycles. The first kappa shape index (κ1) is 18.0. The molecule has 2 saturated heterocycles. The molecule has 2 unspecified atom stereocenters. The smallest absolute Gasteiger partial charge is 0.234 e. The first-order chi connectivity index (χ1) is 10.8. The van der Waals surface area contributed by atoms with Gasteiger partial charge in [0.2, 0.25) is 5.91 Å². The maximum Gasteiger partial charge on any atom is 0.234 e. The summed E-state index contributed by atoms with van der Waals surface area (Å²) in [5.41, 5.74) is 0. The van der Waals surface area contributed by atoms with Crippen LogP contribution in [0.15, 0.2) is 30.3 Å². The van der Waals surface area contributed by atoms with Gasteiger partial charge in [0.25, 0.3) is 0 Å². The summed E-state index contributed by atoms with van der Waals surface area (Å²) in [6.45, 7) is 3.55. The molecule has 2 heterocycles. The third-order valence-electron chi connectivity index (χ3n) is 4.41. The van der Waals surface area contributed by atoms with Crippen LogP contribution in [0.3, 0.4) is 0 Å². The van der Waals surface area contributed by atoms with E-state index in [0.717, 1.165) is 25.3 Å². The lowest BCUT2D eigenvalue weighted by atomic mass is 10.1. The molecule has 0 saturated carbocycles. The number of hydrogen-bond acceptors (Lipinski definition) is 4. The third kappa shape index (κ3) is 5.68. The van der Waals surface area contributed by atoms with E-state index in [1.54, 1.807) is 0 Å². The van der Waals surface area contributed by atoms with Gasteiger partial charge in [-0.1, -0.05) is 18.2 Å².